The molecule has 0 aliphatic carbocycles. The zero-order valence-electron chi connectivity index (χ0n) is 10.9. The second-order valence-electron chi connectivity index (χ2n) is 4.85. The van der Waals surface area contributed by atoms with Gasteiger partial charge in [-0.15, -0.1) is 12.4 Å². The summed E-state index contributed by atoms with van der Waals surface area (Å²) in [6, 6.07) is 11.3. The summed E-state index contributed by atoms with van der Waals surface area (Å²) >= 11 is 1.87. The average Bonchev–Trinajstić information content (AvgIpc) is 2.89. The van der Waals surface area contributed by atoms with Crippen molar-refractivity contribution in [2.45, 2.75) is 25.3 Å². The molecule has 1 fully saturated rings. The van der Waals surface area contributed by atoms with Crippen molar-refractivity contribution < 1.29 is 0 Å². The first-order chi connectivity index (χ1) is 8.92. The number of halogens is 1. The van der Waals surface area contributed by atoms with Crippen molar-refractivity contribution >= 4 is 29.4 Å². The lowest BCUT2D eigenvalue weighted by atomic mass is 10.1. The van der Waals surface area contributed by atoms with Crippen LogP contribution in [-0.4, -0.2) is 35.1 Å². The molecule has 0 radical (unpaired) electrons. The molecule has 0 atom stereocenters. The maximum atomic E-state index is 4.67. The van der Waals surface area contributed by atoms with E-state index in [0.29, 0.717) is 6.04 Å². The predicted octanol–water partition coefficient (Wildman–Crippen LogP) is 2.72. The number of benzene rings is 1. The molecule has 104 valence electrons. The number of hydrogen-bond acceptors (Lipinski definition) is 4. The molecule has 0 unspecified atom stereocenters. The Hall–Kier alpha value is -0.550. The molecule has 2 aliphatic rings. The molecule has 0 saturated carbocycles. The van der Waals surface area contributed by atoms with Crippen molar-refractivity contribution in [3.05, 3.63) is 35.9 Å². The van der Waals surface area contributed by atoms with Gasteiger partial charge in [-0.05, 0) is 43.4 Å². The lowest BCUT2D eigenvalue weighted by molar-refractivity contribution is 0.293. The Morgan fingerprint density at radius 3 is 2.68 bits per heavy atom. The first kappa shape index (κ1) is 14.9. The van der Waals surface area contributed by atoms with E-state index in [-0.39, 0.29) is 12.4 Å². The van der Waals surface area contributed by atoms with Crippen LogP contribution in [0, 0.1) is 0 Å². The number of rotatable bonds is 3. The van der Waals surface area contributed by atoms with Gasteiger partial charge in [0.25, 0.3) is 0 Å². The zero-order valence-corrected chi connectivity index (χ0v) is 12.6. The smallest absolute Gasteiger partial charge is 0.102 e. The first-order valence-corrected chi connectivity index (χ1v) is 7.42. The van der Waals surface area contributed by atoms with E-state index in [1.807, 2.05) is 11.9 Å². The van der Waals surface area contributed by atoms with Crippen molar-refractivity contribution in [1.29, 1.82) is 0 Å². The van der Waals surface area contributed by atoms with E-state index in [0.717, 1.165) is 26.2 Å². The van der Waals surface area contributed by atoms with Gasteiger partial charge in [-0.1, -0.05) is 30.3 Å². The third-order valence-corrected chi connectivity index (χ3v) is 4.66. The maximum absolute atomic E-state index is 4.67. The standard InChI is InChI=1S/C14H19N3S.ClH/c1-2-4-12(5-3-1)10-14-16-11-17(18-14)13-6-8-15-9-7-13;/h1-5,13,15H,6-11H2;1H. The van der Waals surface area contributed by atoms with Crippen LogP contribution in [0.15, 0.2) is 35.3 Å². The number of piperidine rings is 1. The van der Waals surface area contributed by atoms with E-state index >= 15 is 0 Å². The van der Waals surface area contributed by atoms with E-state index in [9.17, 15) is 0 Å². The molecule has 3 nitrogen and oxygen atoms in total. The fourth-order valence-electron chi connectivity index (χ4n) is 2.48. The third-order valence-electron chi connectivity index (χ3n) is 3.52. The highest BCUT2D eigenvalue weighted by atomic mass is 35.5. The molecule has 2 aliphatic heterocycles. The van der Waals surface area contributed by atoms with Crippen molar-refractivity contribution in [1.82, 2.24) is 9.62 Å². The SMILES string of the molecule is Cl.c1ccc(CC2=NCN(C3CCNCC3)S2)cc1. The van der Waals surface area contributed by atoms with E-state index in [4.69, 9.17) is 0 Å². The van der Waals surface area contributed by atoms with Crippen LogP contribution in [0.25, 0.3) is 0 Å². The van der Waals surface area contributed by atoms with Gasteiger partial charge >= 0.3 is 0 Å². The van der Waals surface area contributed by atoms with Crippen LogP contribution in [0.4, 0.5) is 0 Å². The monoisotopic (exact) mass is 297 g/mol. The van der Waals surface area contributed by atoms with Crippen LogP contribution in [0.1, 0.15) is 18.4 Å². The molecule has 1 aromatic carbocycles. The summed E-state index contributed by atoms with van der Waals surface area (Å²) in [6.45, 7) is 3.17. The number of nitrogens with zero attached hydrogens (tertiary/aromatic N) is 2. The van der Waals surface area contributed by atoms with Gasteiger partial charge in [0.15, 0.2) is 0 Å². The van der Waals surface area contributed by atoms with Gasteiger partial charge < -0.3 is 5.32 Å². The van der Waals surface area contributed by atoms with Crippen molar-refractivity contribution in [2.75, 3.05) is 19.8 Å². The summed E-state index contributed by atoms with van der Waals surface area (Å²) in [6.07, 6.45) is 3.48. The largest absolute Gasteiger partial charge is 0.317 e. The Labute approximate surface area is 125 Å². The Morgan fingerprint density at radius 2 is 1.95 bits per heavy atom. The van der Waals surface area contributed by atoms with E-state index in [1.165, 1.54) is 23.4 Å². The molecule has 0 aromatic heterocycles. The molecule has 0 amide bonds. The minimum absolute atomic E-state index is 0. The van der Waals surface area contributed by atoms with Crippen molar-refractivity contribution in [3.8, 4) is 0 Å². The van der Waals surface area contributed by atoms with Gasteiger partial charge in [-0.25, -0.2) is 4.31 Å². The summed E-state index contributed by atoms with van der Waals surface area (Å²) in [5.41, 5.74) is 1.36. The average molecular weight is 298 g/mol. The lowest BCUT2D eigenvalue weighted by Gasteiger charge is -2.29. The fourth-order valence-corrected chi connectivity index (χ4v) is 3.58. The summed E-state index contributed by atoms with van der Waals surface area (Å²) in [5.74, 6) is 0. The normalized spacial score (nSPS) is 20.9. The zero-order chi connectivity index (χ0) is 12.2. The van der Waals surface area contributed by atoms with Gasteiger partial charge in [0, 0.05) is 12.5 Å². The van der Waals surface area contributed by atoms with Crippen LogP contribution >= 0.6 is 24.4 Å². The fraction of sp³-hybridized carbons (Fsp3) is 0.500. The predicted molar refractivity (Wildman–Crippen MR) is 85.0 cm³/mol. The Balaban J connectivity index is 0.00000133. The minimum atomic E-state index is 0. The molecule has 19 heavy (non-hydrogen) atoms. The maximum Gasteiger partial charge on any atom is 0.102 e. The van der Waals surface area contributed by atoms with Gasteiger partial charge in [0.05, 0.1) is 5.04 Å². The molecule has 2 heterocycles. The molecule has 1 N–H and O–H groups in total. The lowest BCUT2D eigenvalue weighted by Crippen LogP contribution is -2.39. The van der Waals surface area contributed by atoms with Crippen molar-refractivity contribution in [3.63, 3.8) is 0 Å². The number of nitrogens with one attached hydrogen (secondary N) is 1. The summed E-state index contributed by atoms with van der Waals surface area (Å²) in [4.78, 5) is 4.67. The molecule has 3 rings (SSSR count). The Bertz CT molecular complexity index is 418. The molecular formula is C14H20ClN3S. The first-order valence-electron chi connectivity index (χ1n) is 6.64. The van der Waals surface area contributed by atoms with Crippen LogP contribution in [0.3, 0.4) is 0 Å². The molecule has 1 saturated heterocycles. The highest BCUT2D eigenvalue weighted by Gasteiger charge is 2.26. The number of aliphatic imine (C=N–C) groups is 1. The summed E-state index contributed by atoms with van der Waals surface area (Å²) in [5, 5.41) is 4.68. The summed E-state index contributed by atoms with van der Waals surface area (Å²) in [7, 11) is 0. The molecule has 0 bridgehead atoms. The highest BCUT2D eigenvalue weighted by Crippen LogP contribution is 2.28. The van der Waals surface area contributed by atoms with Gasteiger partial charge in [-0.2, -0.15) is 0 Å². The summed E-state index contributed by atoms with van der Waals surface area (Å²) < 4.78 is 2.46. The quantitative estimate of drug-likeness (QED) is 0.870. The van der Waals surface area contributed by atoms with E-state index < -0.39 is 0 Å². The van der Waals surface area contributed by atoms with E-state index in [1.54, 1.807) is 0 Å². The molecule has 5 heteroatoms. The molecule has 1 aromatic rings. The van der Waals surface area contributed by atoms with Crippen LogP contribution < -0.4 is 5.32 Å². The third kappa shape index (κ3) is 3.96. The molecular weight excluding hydrogens is 278 g/mol. The van der Waals surface area contributed by atoms with Crippen LogP contribution in [-0.2, 0) is 6.42 Å². The second kappa shape index (κ2) is 7.29. The van der Waals surface area contributed by atoms with Gasteiger partial charge in [0.2, 0.25) is 0 Å². The van der Waals surface area contributed by atoms with Gasteiger partial charge in [0.1, 0.15) is 6.67 Å². The van der Waals surface area contributed by atoms with Crippen molar-refractivity contribution in [2.24, 2.45) is 4.99 Å². The van der Waals surface area contributed by atoms with Crippen LogP contribution in [0.5, 0.6) is 0 Å². The molecule has 0 spiro atoms. The number of hydrogen-bond donors (Lipinski definition) is 1. The highest BCUT2D eigenvalue weighted by molar-refractivity contribution is 8.12. The Morgan fingerprint density at radius 1 is 1.21 bits per heavy atom. The minimum Gasteiger partial charge on any atom is -0.317 e. The Kier molecular flexibility index (Phi) is 5.70. The van der Waals surface area contributed by atoms with E-state index in [2.05, 4.69) is 44.9 Å². The van der Waals surface area contributed by atoms with Gasteiger partial charge in [-0.3, -0.25) is 4.99 Å². The second-order valence-corrected chi connectivity index (χ2v) is 5.97. The van der Waals surface area contributed by atoms with Crippen LogP contribution in [0.2, 0.25) is 0 Å². The topological polar surface area (TPSA) is 27.6 Å².